The normalized spacial score (nSPS) is 23.3. The highest BCUT2D eigenvalue weighted by Crippen LogP contribution is 2.27. The molecule has 1 heterocycles. The molecule has 1 aliphatic heterocycles. The summed E-state index contributed by atoms with van der Waals surface area (Å²) in [5.41, 5.74) is 0. The van der Waals surface area contributed by atoms with E-state index in [2.05, 4.69) is 5.32 Å². The molecule has 7 heteroatoms. The molecule has 0 aromatic heterocycles. The molecule has 3 rings (SSSR count). The van der Waals surface area contributed by atoms with Gasteiger partial charge in [0.25, 0.3) is 0 Å². The van der Waals surface area contributed by atoms with Gasteiger partial charge in [-0.3, -0.25) is 4.79 Å². The average molecular weight is 354 g/mol. The van der Waals surface area contributed by atoms with Gasteiger partial charge >= 0.3 is 0 Å². The van der Waals surface area contributed by atoms with Crippen molar-refractivity contribution in [3.63, 3.8) is 0 Å². The Kier molecular flexibility index (Phi) is 5.20. The maximum Gasteiger partial charge on any atom is 0.243 e. The number of halogens is 1. The molecule has 1 aromatic rings. The Labute approximate surface area is 142 Å². The average Bonchev–Trinajstić information content (AvgIpc) is 3.07. The Morgan fingerprint density at radius 3 is 2.38 bits per heavy atom. The Bertz CT molecular complexity index is 684. The number of benzene rings is 1. The zero-order valence-electron chi connectivity index (χ0n) is 13.6. The maximum absolute atomic E-state index is 13.0. The molecular weight excluding hydrogens is 331 g/mol. The Morgan fingerprint density at radius 2 is 1.71 bits per heavy atom. The summed E-state index contributed by atoms with van der Waals surface area (Å²) in [5, 5.41) is 3.02. The van der Waals surface area contributed by atoms with Crippen LogP contribution in [0.25, 0.3) is 0 Å². The van der Waals surface area contributed by atoms with Crippen LogP contribution in [0, 0.1) is 5.82 Å². The molecule has 2 aliphatic rings. The zero-order chi connectivity index (χ0) is 17.2. The van der Waals surface area contributed by atoms with E-state index in [9.17, 15) is 17.6 Å². The number of hydrogen-bond donors (Lipinski definition) is 1. The number of hydrogen-bond acceptors (Lipinski definition) is 3. The molecule has 1 atom stereocenters. The van der Waals surface area contributed by atoms with E-state index < -0.39 is 21.9 Å². The van der Waals surface area contributed by atoms with Crippen LogP contribution in [0.5, 0.6) is 0 Å². The van der Waals surface area contributed by atoms with Crippen LogP contribution in [0.15, 0.2) is 29.2 Å². The highest BCUT2D eigenvalue weighted by Gasteiger charge is 2.39. The summed E-state index contributed by atoms with van der Waals surface area (Å²) in [7, 11) is -3.78. The molecular formula is C17H23FN2O3S. The van der Waals surface area contributed by atoms with E-state index in [1.54, 1.807) is 0 Å². The maximum atomic E-state index is 13.0. The van der Waals surface area contributed by atoms with Crippen molar-refractivity contribution in [1.29, 1.82) is 0 Å². The highest BCUT2D eigenvalue weighted by atomic mass is 32.2. The van der Waals surface area contributed by atoms with Crippen molar-refractivity contribution in [3.8, 4) is 0 Å². The molecule has 0 bridgehead atoms. The second kappa shape index (κ2) is 7.19. The largest absolute Gasteiger partial charge is 0.352 e. The van der Waals surface area contributed by atoms with Gasteiger partial charge in [-0.05, 0) is 49.9 Å². The molecule has 5 nitrogen and oxygen atoms in total. The van der Waals surface area contributed by atoms with Crippen LogP contribution in [0.3, 0.4) is 0 Å². The van der Waals surface area contributed by atoms with Gasteiger partial charge < -0.3 is 5.32 Å². The van der Waals surface area contributed by atoms with Gasteiger partial charge in [0.05, 0.1) is 4.90 Å². The fourth-order valence-electron chi connectivity index (χ4n) is 3.58. The molecule has 1 aromatic carbocycles. The SMILES string of the molecule is O=C(NC1CCCCC1)C1CCCN1S(=O)(=O)c1ccc(F)cc1. The Hall–Kier alpha value is -1.47. The van der Waals surface area contributed by atoms with E-state index >= 15 is 0 Å². The number of nitrogens with zero attached hydrogens (tertiary/aromatic N) is 1. The third-order valence-corrected chi connectivity index (χ3v) is 6.80. The van der Waals surface area contributed by atoms with Gasteiger partial charge in [-0.2, -0.15) is 4.31 Å². The lowest BCUT2D eigenvalue weighted by atomic mass is 9.95. The minimum absolute atomic E-state index is 0.0290. The van der Waals surface area contributed by atoms with Crippen LogP contribution in [-0.2, 0) is 14.8 Å². The minimum atomic E-state index is -3.78. The van der Waals surface area contributed by atoms with Gasteiger partial charge in [0.1, 0.15) is 11.9 Å². The number of carbonyl (C=O) groups is 1. The van der Waals surface area contributed by atoms with Crippen LogP contribution in [0.4, 0.5) is 4.39 Å². The van der Waals surface area contributed by atoms with Gasteiger partial charge in [0.15, 0.2) is 0 Å². The first-order valence-electron chi connectivity index (χ1n) is 8.56. The van der Waals surface area contributed by atoms with Crippen LogP contribution in [0.1, 0.15) is 44.9 Å². The van der Waals surface area contributed by atoms with E-state index in [1.165, 1.54) is 22.9 Å². The van der Waals surface area contributed by atoms with Crippen molar-refractivity contribution in [2.24, 2.45) is 0 Å². The molecule has 1 saturated heterocycles. The summed E-state index contributed by atoms with van der Waals surface area (Å²) >= 11 is 0. The first kappa shape index (κ1) is 17.4. The van der Waals surface area contributed by atoms with Gasteiger partial charge in [0, 0.05) is 12.6 Å². The Morgan fingerprint density at radius 1 is 1.04 bits per heavy atom. The number of rotatable bonds is 4. The standard InChI is InChI=1S/C17H23FN2O3S/c18-13-8-10-15(11-9-13)24(22,23)20-12-4-7-16(20)17(21)19-14-5-2-1-3-6-14/h8-11,14,16H,1-7,12H2,(H,19,21). The molecule has 132 valence electrons. The number of amides is 1. The molecule has 1 N–H and O–H groups in total. The number of carbonyl (C=O) groups excluding carboxylic acids is 1. The molecule has 0 radical (unpaired) electrons. The van der Waals surface area contributed by atoms with Crippen molar-refractivity contribution in [2.45, 2.75) is 61.9 Å². The van der Waals surface area contributed by atoms with Crippen LogP contribution < -0.4 is 5.32 Å². The van der Waals surface area contributed by atoms with Crippen molar-refractivity contribution in [2.75, 3.05) is 6.54 Å². The second-order valence-electron chi connectivity index (χ2n) is 6.57. The number of nitrogens with one attached hydrogen (secondary N) is 1. The molecule has 1 amide bonds. The topological polar surface area (TPSA) is 66.5 Å². The van der Waals surface area contributed by atoms with Gasteiger partial charge in [-0.1, -0.05) is 19.3 Å². The van der Waals surface area contributed by atoms with E-state index in [0.29, 0.717) is 19.4 Å². The molecule has 1 saturated carbocycles. The zero-order valence-corrected chi connectivity index (χ0v) is 14.4. The van der Waals surface area contributed by atoms with Crippen molar-refractivity contribution < 1.29 is 17.6 Å². The third kappa shape index (κ3) is 3.62. The monoisotopic (exact) mass is 354 g/mol. The van der Waals surface area contributed by atoms with Crippen molar-refractivity contribution in [1.82, 2.24) is 9.62 Å². The Balaban J connectivity index is 1.74. The fraction of sp³-hybridized carbons (Fsp3) is 0.588. The lowest BCUT2D eigenvalue weighted by Gasteiger charge is -2.27. The lowest BCUT2D eigenvalue weighted by molar-refractivity contribution is -0.125. The molecule has 0 spiro atoms. The van der Waals surface area contributed by atoms with E-state index in [-0.39, 0.29) is 16.8 Å². The lowest BCUT2D eigenvalue weighted by Crippen LogP contribution is -2.49. The van der Waals surface area contributed by atoms with E-state index in [4.69, 9.17) is 0 Å². The molecule has 2 fully saturated rings. The summed E-state index contributed by atoms with van der Waals surface area (Å²) in [6.07, 6.45) is 6.51. The predicted octanol–water partition coefficient (Wildman–Crippen LogP) is 2.43. The van der Waals surface area contributed by atoms with Gasteiger partial charge in [0.2, 0.25) is 15.9 Å². The summed E-state index contributed by atoms with van der Waals surface area (Å²) in [5.74, 6) is -0.688. The fourth-order valence-corrected chi connectivity index (χ4v) is 5.23. The molecule has 24 heavy (non-hydrogen) atoms. The van der Waals surface area contributed by atoms with Gasteiger partial charge in [-0.25, -0.2) is 12.8 Å². The van der Waals surface area contributed by atoms with Crippen molar-refractivity contribution >= 4 is 15.9 Å². The minimum Gasteiger partial charge on any atom is -0.352 e. The first-order valence-corrected chi connectivity index (χ1v) is 10.0. The van der Waals surface area contributed by atoms with Crippen LogP contribution in [0.2, 0.25) is 0 Å². The quantitative estimate of drug-likeness (QED) is 0.903. The predicted molar refractivity (Wildman–Crippen MR) is 88.3 cm³/mol. The summed E-state index contributed by atoms with van der Waals surface area (Å²) in [6, 6.07) is 4.24. The highest BCUT2D eigenvalue weighted by molar-refractivity contribution is 7.89. The van der Waals surface area contributed by atoms with E-state index in [1.807, 2.05) is 0 Å². The summed E-state index contributed by atoms with van der Waals surface area (Å²) in [6.45, 7) is 0.322. The van der Waals surface area contributed by atoms with Crippen LogP contribution >= 0.6 is 0 Å². The van der Waals surface area contributed by atoms with Gasteiger partial charge in [-0.15, -0.1) is 0 Å². The summed E-state index contributed by atoms with van der Waals surface area (Å²) in [4.78, 5) is 12.6. The molecule has 1 unspecified atom stereocenters. The van der Waals surface area contributed by atoms with E-state index in [0.717, 1.165) is 37.8 Å². The third-order valence-electron chi connectivity index (χ3n) is 4.88. The van der Waals surface area contributed by atoms with Crippen LogP contribution in [-0.4, -0.2) is 37.3 Å². The molecule has 1 aliphatic carbocycles. The first-order chi connectivity index (χ1) is 11.5. The van der Waals surface area contributed by atoms with Crippen molar-refractivity contribution in [3.05, 3.63) is 30.1 Å². The smallest absolute Gasteiger partial charge is 0.243 e. The second-order valence-corrected chi connectivity index (χ2v) is 8.46. The summed E-state index contributed by atoms with van der Waals surface area (Å²) < 4.78 is 39.9. The number of sulfonamides is 1.